The number of unbranched alkanes of at least 4 members (excludes halogenated alkanes) is 1. The van der Waals surface area contributed by atoms with Crippen molar-refractivity contribution < 1.29 is 22.7 Å². The predicted molar refractivity (Wildman–Crippen MR) is 114 cm³/mol. The molecule has 0 N–H and O–H groups in total. The van der Waals surface area contributed by atoms with E-state index in [2.05, 4.69) is 22.4 Å². The van der Waals surface area contributed by atoms with Crippen molar-refractivity contribution >= 4 is 33.0 Å². The molecule has 0 bridgehead atoms. The Morgan fingerprint density at radius 1 is 1.23 bits per heavy atom. The highest BCUT2D eigenvalue weighted by atomic mass is 32.2. The Labute approximate surface area is 184 Å². The molecule has 166 valence electrons. The van der Waals surface area contributed by atoms with E-state index in [0.29, 0.717) is 23.8 Å². The number of hydrogen-bond acceptors (Lipinski definition) is 9. The van der Waals surface area contributed by atoms with Crippen LogP contribution >= 0.6 is 11.3 Å². The van der Waals surface area contributed by atoms with Gasteiger partial charge in [0.15, 0.2) is 19.0 Å². The standard InChI is InChI=1S/C19H23N5O5S2/c1-3-4-11-24-17(20-21-22-24)13-29-18(25)14-28-16-9-7-15(8-10-16)23(2)31(26,27)19-6-5-12-30-19/h5-10,12H,3-4,11,13-14H2,1-2H3. The molecule has 0 aliphatic rings. The third kappa shape index (κ3) is 5.79. The van der Waals surface area contributed by atoms with E-state index in [1.54, 1.807) is 46.5 Å². The monoisotopic (exact) mass is 465 g/mol. The fourth-order valence-electron chi connectivity index (χ4n) is 2.57. The van der Waals surface area contributed by atoms with Gasteiger partial charge in [-0.05, 0) is 52.6 Å². The zero-order chi connectivity index (χ0) is 22.3. The summed E-state index contributed by atoms with van der Waals surface area (Å²) in [5, 5.41) is 13.0. The number of carbonyl (C=O) groups excluding carboxylic acids is 1. The summed E-state index contributed by atoms with van der Waals surface area (Å²) >= 11 is 1.16. The molecule has 3 rings (SSSR count). The Morgan fingerprint density at radius 2 is 2.00 bits per heavy atom. The number of aromatic nitrogens is 4. The minimum atomic E-state index is -3.61. The first kappa shape index (κ1) is 22.7. The number of tetrazole rings is 1. The van der Waals surface area contributed by atoms with Crippen molar-refractivity contribution in [3.63, 3.8) is 0 Å². The van der Waals surface area contributed by atoms with Crippen LogP contribution in [0.1, 0.15) is 25.6 Å². The van der Waals surface area contributed by atoms with Crippen LogP contribution in [0.5, 0.6) is 5.75 Å². The number of benzene rings is 1. The molecular formula is C19H23N5O5S2. The first-order valence-electron chi connectivity index (χ1n) is 9.57. The molecule has 0 saturated heterocycles. The van der Waals surface area contributed by atoms with E-state index in [-0.39, 0.29) is 17.4 Å². The van der Waals surface area contributed by atoms with Gasteiger partial charge in [0, 0.05) is 13.6 Å². The summed E-state index contributed by atoms with van der Waals surface area (Å²) in [7, 11) is -2.12. The Hall–Kier alpha value is -2.99. The maximum absolute atomic E-state index is 12.6. The molecule has 12 heteroatoms. The van der Waals surface area contributed by atoms with Crippen LogP contribution < -0.4 is 9.04 Å². The van der Waals surface area contributed by atoms with E-state index in [0.717, 1.165) is 24.2 Å². The highest BCUT2D eigenvalue weighted by molar-refractivity contribution is 7.94. The molecule has 3 aromatic rings. The lowest BCUT2D eigenvalue weighted by atomic mass is 10.3. The molecule has 0 radical (unpaired) electrons. The van der Waals surface area contributed by atoms with E-state index in [1.807, 2.05) is 0 Å². The van der Waals surface area contributed by atoms with E-state index in [1.165, 1.54) is 11.4 Å². The smallest absolute Gasteiger partial charge is 0.344 e. The highest BCUT2D eigenvalue weighted by Gasteiger charge is 2.22. The average Bonchev–Trinajstić information content (AvgIpc) is 3.47. The van der Waals surface area contributed by atoms with Crippen LogP contribution in [-0.4, -0.2) is 48.2 Å². The maximum Gasteiger partial charge on any atom is 0.344 e. The fraction of sp³-hybridized carbons (Fsp3) is 0.368. The van der Waals surface area contributed by atoms with E-state index in [4.69, 9.17) is 9.47 Å². The number of ether oxygens (including phenoxy) is 2. The van der Waals surface area contributed by atoms with Crippen molar-refractivity contribution in [1.82, 2.24) is 20.2 Å². The van der Waals surface area contributed by atoms with Gasteiger partial charge in [-0.3, -0.25) is 4.31 Å². The second-order valence-electron chi connectivity index (χ2n) is 6.52. The Bertz CT molecular complexity index is 1080. The molecule has 0 aliphatic carbocycles. The van der Waals surface area contributed by atoms with Crippen molar-refractivity contribution in [2.24, 2.45) is 0 Å². The summed E-state index contributed by atoms with van der Waals surface area (Å²) in [5.74, 6) is 0.322. The number of thiophene rings is 1. The lowest BCUT2D eigenvalue weighted by Crippen LogP contribution is -2.25. The third-order valence-corrected chi connectivity index (χ3v) is 7.52. The van der Waals surface area contributed by atoms with Crippen LogP contribution in [0.3, 0.4) is 0 Å². The van der Waals surface area contributed by atoms with Crippen LogP contribution in [-0.2, 0) is 32.7 Å². The van der Waals surface area contributed by atoms with Gasteiger partial charge in [0.1, 0.15) is 9.96 Å². The Balaban J connectivity index is 1.50. The second kappa shape index (κ2) is 10.4. The molecule has 10 nitrogen and oxygen atoms in total. The zero-order valence-corrected chi connectivity index (χ0v) is 18.8. The van der Waals surface area contributed by atoms with Gasteiger partial charge in [0.25, 0.3) is 10.0 Å². The number of esters is 1. The minimum Gasteiger partial charge on any atom is -0.482 e. The van der Waals surface area contributed by atoms with Crippen LogP contribution in [0, 0.1) is 0 Å². The van der Waals surface area contributed by atoms with Crippen LogP contribution in [0.25, 0.3) is 0 Å². The van der Waals surface area contributed by atoms with Crippen LogP contribution in [0.15, 0.2) is 46.0 Å². The lowest BCUT2D eigenvalue weighted by Gasteiger charge is -2.18. The van der Waals surface area contributed by atoms with Gasteiger partial charge in [-0.1, -0.05) is 19.4 Å². The van der Waals surface area contributed by atoms with Crippen molar-refractivity contribution in [2.75, 3.05) is 18.0 Å². The molecule has 31 heavy (non-hydrogen) atoms. The summed E-state index contributed by atoms with van der Waals surface area (Å²) in [6.45, 7) is 2.40. The number of carbonyl (C=O) groups is 1. The predicted octanol–water partition coefficient (Wildman–Crippen LogP) is 2.48. The van der Waals surface area contributed by atoms with E-state index >= 15 is 0 Å². The molecule has 2 heterocycles. The van der Waals surface area contributed by atoms with Gasteiger partial charge in [-0.25, -0.2) is 17.9 Å². The average molecular weight is 466 g/mol. The van der Waals surface area contributed by atoms with Crippen molar-refractivity contribution in [3.05, 3.63) is 47.6 Å². The number of hydrogen-bond donors (Lipinski definition) is 0. The quantitative estimate of drug-likeness (QED) is 0.397. The maximum atomic E-state index is 12.6. The number of nitrogens with zero attached hydrogens (tertiary/aromatic N) is 5. The largest absolute Gasteiger partial charge is 0.482 e. The third-order valence-electron chi connectivity index (χ3n) is 4.36. The number of sulfonamides is 1. The molecule has 0 unspecified atom stereocenters. The minimum absolute atomic E-state index is 0.0385. The first-order chi connectivity index (χ1) is 14.9. The summed E-state index contributed by atoms with van der Waals surface area (Å²) < 4.78 is 38.8. The van der Waals surface area contributed by atoms with Gasteiger partial charge in [0.2, 0.25) is 0 Å². The van der Waals surface area contributed by atoms with Crippen molar-refractivity contribution in [3.8, 4) is 5.75 Å². The number of rotatable bonds is 11. The normalized spacial score (nSPS) is 11.3. The van der Waals surface area contributed by atoms with Gasteiger partial charge < -0.3 is 9.47 Å². The first-order valence-corrected chi connectivity index (χ1v) is 11.9. The van der Waals surface area contributed by atoms with Gasteiger partial charge in [-0.15, -0.1) is 16.4 Å². The fourth-order valence-corrected chi connectivity index (χ4v) is 4.93. The molecule has 0 saturated carbocycles. The molecule has 0 amide bonds. The molecule has 1 aromatic carbocycles. The molecule has 0 spiro atoms. The SMILES string of the molecule is CCCCn1nnnc1COC(=O)COc1ccc(N(C)S(=O)(=O)c2cccs2)cc1. The topological polar surface area (TPSA) is 117 Å². The van der Waals surface area contributed by atoms with E-state index < -0.39 is 16.0 Å². The van der Waals surface area contributed by atoms with Gasteiger partial charge >= 0.3 is 5.97 Å². The summed E-state index contributed by atoms with van der Waals surface area (Å²) in [6.07, 6.45) is 1.93. The van der Waals surface area contributed by atoms with Crippen LogP contribution in [0.2, 0.25) is 0 Å². The molecule has 0 aliphatic heterocycles. The zero-order valence-electron chi connectivity index (χ0n) is 17.2. The lowest BCUT2D eigenvalue weighted by molar-refractivity contribution is -0.147. The van der Waals surface area contributed by atoms with Crippen molar-refractivity contribution in [2.45, 2.75) is 37.1 Å². The van der Waals surface area contributed by atoms with Gasteiger partial charge in [0.05, 0.1) is 5.69 Å². The molecule has 0 fully saturated rings. The molecular weight excluding hydrogens is 442 g/mol. The number of anilines is 1. The summed E-state index contributed by atoms with van der Waals surface area (Å²) in [4.78, 5) is 12.0. The van der Waals surface area contributed by atoms with Gasteiger partial charge in [-0.2, -0.15) is 0 Å². The molecule has 0 atom stereocenters. The summed E-state index contributed by atoms with van der Waals surface area (Å²) in [5.41, 5.74) is 0.474. The number of aryl methyl sites for hydroxylation is 1. The molecule has 2 aromatic heterocycles. The van der Waals surface area contributed by atoms with E-state index in [9.17, 15) is 13.2 Å². The van der Waals surface area contributed by atoms with Crippen molar-refractivity contribution in [1.29, 1.82) is 0 Å². The van der Waals surface area contributed by atoms with Crippen LogP contribution in [0.4, 0.5) is 5.69 Å². The highest BCUT2D eigenvalue weighted by Crippen LogP contribution is 2.26. The second-order valence-corrected chi connectivity index (χ2v) is 9.66. The summed E-state index contributed by atoms with van der Waals surface area (Å²) in [6, 6.07) is 9.64. The Kier molecular flexibility index (Phi) is 7.58. The Morgan fingerprint density at radius 3 is 2.68 bits per heavy atom.